The lowest BCUT2D eigenvalue weighted by atomic mass is 10.2. The summed E-state index contributed by atoms with van der Waals surface area (Å²) in [6.45, 7) is -0.456. The number of carbonyl (C=O) groups excluding carboxylic acids is 3. The maximum absolute atomic E-state index is 13.1. The van der Waals surface area contributed by atoms with Crippen molar-refractivity contribution in [2.24, 2.45) is 5.73 Å². The highest BCUT2D eigenvalue weighted by Crippen LogP contribution is 2.14. The second kappa shape index (κ2) is 8.61. The van der Waals surface area contributed by atoms with Gasteiger partial charge < -0.3 is 20.7 Å². The summed E-state index contributed by atoms with van der Waals surface area (Å²) in [5.74, 6) is -1.50. The van der Waals surface area contributed by atoms with Crippen LogP contribution in [0.3, 0.4) is 0 Å². The molecule has 3 amide bonds. The molecule has 0 bridgehead atoms. The Hall–Kier alpha value is -3.42. The Balaban J connectivity index is 1.91. The lowest BCUT2D eigenvalue weighted by Gasteiger charge is -2.17. The number of amides is 3. The van der Waals surface area contributed by atoms with E-state index in [-0.39, 0.29) is 19.1 Å². The van der Waals surface area contributed by atoms with Gasteiger partial charge in [0, 0.05) is 18.3 Å². The highest BCUT2D eigenvalue weighted by molar-refractivity contribution is 5.99. The number of nitrogens with zero attached hydrogens (tertiary/aromatic N) is 1. The first-order valence-corrected chi connectivity index (χ1v) is 7.67. The zero-order valence-corrected chi connectivity index (χ0v) is 14.1. The fourth-order valence-corrected chi connectivity index (χ4v) is 2.12. The molecule has 0 aliphatic heterocycles. The molecule has 0 heterocycles. The summed E-state index contributed by atoms with van der Waals surface area (Å²) in [5, 5.41) is 2.52. The van der Waals surface area contributed by atoms with E-state index in [2.05, 4.69) is 5.32 Å². The molecular weight excluding hydrogens is 341 g/mol. The molecular formula is C18H18FN3O4. The molecule has 8 heteroatoms. The van der Waals surface area contributed by atoms with Gasteiger partial charge in [0.25, 0.3) is 11.8 Å². The van der Waals surface area contributed by atoms with E-state index in [1.807, 2.05) is 0 Å². The highest BCUT2D eigenvalue weighted by atomic mass is 19.1. The lowest BCUT2D eigenvalue weighted by molar-refractivity contribution is -0.120. The SMILES string of the molecule is CN(CC(=O)Nc1cccc(F)c1)C(=O)c1ccc(OCC(N)=O)cc1. The molecule has 3 N–H and O–H groups in total. The van der Waals surface area contributed by atoms with Crippen LogP contribution in [-0.4, -0.2) is 42.8 Å². The number of hydrogen-bond acceptors (Lipinski definition) is 4. The summed E-state index contributed by atoms with van der Waals surface area (Å²) in [6.07, 6.45) is 0. The molecule has 0 radical (unpaired) electrons. The van der Waals surface area contributed by atoms with E-state index in [1.54, 1.807) is 6.07 Å². The third kappa shape index (κ3) is 5.59. The first kappa shape index (κ1) is 18.9. The van der Waals surface area contributed by atoms with Crippen molar-refractivity contribution < 1.29 is 23.5 Å². The first-order valence-electron chi connectivity index (χ1n) is 7.67. The van der Waals surface area contributed by atoms with Crippen molar-refractivity contribution in [3.63, 3.8) is 0 Å². The van der Waals surface area contributed by atoms with E-state index in [0.29, 0.717) is 17.0 Å². The van der Waals surface area contributed by atoms with Gasteiger partial charge in [-0.2, -0.15) is 0 Å². The highest BCUT2D eigenvalue weighted by Gasteiger charge is 2.15. The molecule has 0 aliphatic carbocycles. The van der Waals surface area contributed by atoms with Gasteiger partial charge in [-0.15, -0.1) is 0 Å². The standard InChI is InChI=1S/C18H18FN3O4/c1-22(10-17(24)21-14-4-2-3-13(19)9-14)18(25)12-5-7-15(8-6-12)26-11-16(20)23/h2-9H,10-11H2,1H3,(H2,20,23)(H,21,24). The Kier molecular flexibility index (Phi) is 6.26. The summed E-state index contributed by atoms with van der Waals surface area (Å²) in [5.41, 5.74) is 5.64. The van der Waals surface area contributed by atoms with Crippen LogP contribution in [0.5, 0.6) is 5.75 Å². The summed E-state index contributed by atoms with van der Waals surface area (Å²) in [6, 6.07) is 11.6. The second-order valence-corrected chi connectivity index (χ2v) is 5.50. The minimum atomic E-state index is -0.603. The van der Waals surface area contributed by atoms with Crippen molar-refractivity contribution >= 4 is 23.4 Å². The van der Waals surface area contributed by atoms with Crippen LogP contribution in [0.4, 0.5) is 10.1 Å². The van der Waals surface area contributed by atoms with Gasteiger partial charge in [0.15, 0.2) is 6.61 Å². The van der Waals surface area contributed by atoms with Crippen LogP contribution in [0, 0.1) is 5.82 Å². The van der Waals surface area contributed by atoms with Crippen LogP contribution in [0.2, 0.25) is 0 Å². The van der Waals surface area contributed by atoms with Crippen LogP contribution in [0.25, 0.3) is 0 Å². The number of hydrogen-bond donors (Lipinski definition) is 2. The number of anilines is 1. The molecule has 0 saturated carbocycles. The number of likely N-dealkylation sites (N-methyl/N-ethyl adjacent to an activating group) is 1. The van der Waals surface area contributed by atoms with Gasteiger partial charge in [0.2, 0.25) is 5.91 Å². The Morgan fingerprint density at radius 1 is 1.15 bits per heavy atom. The Labute approximate surface area is 149 Å². The minimum absolute atomic E-state index is 0.199. The van der Waals surface area contributed by atoms with Crippen LogP contribution < -0.4 is 15.8 Å². The average molecular weight is 359 g/mol. The van der Waals surface area contributed by atoms with Crippen molar-refractivity contribution in [3.8, 4) is 5.75 Å². The van der Waals surface area contributed by atoms with Crippen molar-refractivity contribution in [1.82, 2.24) is 4.90 Å². The third-order valence-corrected chi connectivity index (χ3v) is 3.32. The molecule has 0 aliphatic rings. The summed E-state index contributed by atoms with van der Waals surface area (Å²) >= 11 is 0. The van der Waals surface area contributed by atoms with Crippen molar-refractivity contribution in [3.05, 3.63) is 59.9 Å². The first-order chi connectivity index (χ1) is 12.3. The molecule has 26 heavy (non-hydrogen) atoms. The number of ether oxygens (including phenoxy) is 1. The molecule has 0 saturated heterocycles. The quantitative estimate of drug-likeness (QED) is 0.780. The fourth-order valence-electron chi connectivity index (χ4n) is 2.12. The summed E-state index contributed by atoms with van der Waals surface area (Å²) < 4.78 is 18.2. The number of halogens is 1. The normalized spacial score (nSPS) is 10.1. The molecule has 2 aromatic rings. The fraction of sp³-hybridized carbons (Fsp3) is 0.167. The maximum atomic E-state index is 13.1. The molecule has 2 aromatic carbocycles. The van der Waals surface area contributed by atoms with E-state index < -0.39 is 17.6 Å². The Bertz CT molecular complexity index is 808. The molecule has 136 valence electrons. The van der Waals surface area contributed by atoms with Crippen molar-refractivity contribution in [2.75, 3.05) is 25.5 Å². The molecule has 0 unspecified atom stereocenters. The summed E-state index contributed by atoms with van der Waals surface area (Å²) in [7, 11) is 1.48. The smallest absolute Gasteiger partial charge is 0.255 e. The average Bonchev–Trinajstić information content (AvgIpc) is 2.59. The summed E-state index contributed by atoms with van der Waals surface area (Å²) in [4.78, 5) is 36.2. The monoisotopic (exact) mass is 359 g/mol. The predicted molar refractivity (Wildman–Crippen MR) is 93.1 cm³/mol. The number of nitrogens with one attached hydrogen (secondary N) is 1. The van der Waals surface area contributed by atoms with E-state index in [0.717, 1.165) is 0 Å². The molecule has 7 nitrogen and oxygen atoms in total. The number of primary amides is 1. The number of carbonyl (C=O) groups is 3. The predicted octanol–water partition coefficient (Wildman–Crippen LogP) is 1.40. The van der Waals surface area contributed by atoms with Crippen LogP contribution in [-0.2, 0) is 9.59 Å². The van der Waals surface area contributed by atoms with Crippen LogP contribution >= 0.6 is 0 Å². The van der Waals surface area contributed by atoms with E-state index in [9.17, 15) is 18.8 Å². The number of rotatable bonds is 7. The molecule has 2 rings (SSSR count). The minimum Gasteiger partial charge on any atom is -0.484 e. The van der Waals surface area contributed by atoms with Crippen LogP contribution in [0.1, 0.15) is 10.4 Å². The zero-order chi connectivity index (χ0) is 19.1. The van der Waals surface area contributed by atoms with Crippen LogP contribution in [0.15, 0.2) is 48.5 Å². The van der Waals surface area contributed by atoms with Gasteiger partial charge in [-0.25, -0.2) is 4.39 Å². The second-order valence-electron chi connectivity index (χ2n) is 5.50. The lowest BCUT2D eigenvalue weighted by Crippen LogP contribution is -2.34. The van der Waals surface area contributed by atoms with Gasteiger partial charge in [-0.1, -0.05) is 6.07 Å². The largest absolute Gasteiger partial charge is 0.484 e. The molecule has 0 atom stereocenters. The number of benzene rings is 2. The zero-order valence-electron chi connectivity index (χ0n) is 14.1. The van der Waals surface area contributed by atoms with E-state index in [4.69, 9.17) is 10.5 Å². The van der Waals surface area contributed by atoms with E-state index >= 15 is 0 Å². The van der Waals surface area contributed by atoms with Gasteiger partial charge in [0.1, 0.15) is 11.6 Å². The van der Waals surface area contributed by atoms with Crippen molar-refractivity contribution in [1.29, 1.82) is 0 Å². The molecule has 0 aromatic heterocycles. The van der Waals surface area contributed by atoms with Crippen molar-refractivity contribution in [2.45, 2.75) is 0 Å². The van der Waals surface area contributed by atoms with Gasteiger partial charge in [0.05, 0.1) is 6.54 Å². The molecule has 0 spiro atoms. The van der Waals surface area contributed by atoms with Gasteiger partial charge in [-0.3, -0.25) is 14.4 Å². The molecule has 0 fully saturated rings. The Morgan fingerprint density at radius 2 is 1.85 bits per heavy atom. The third-order valence-electron chi connectivity index (χ3n) is 3.32. The maximum Gasteiger partial charge on any atom is 0.255 e. The van der Waals surface area contributed by atoms with E-state index in [1.165, 1.54) is 54.4 Å². The topological polar surface area (TPSA) is 102 Å². The van der Waals surface area contributed by atoms with Gasteiger partial charge >= 0.3 is 0 Å². The Morgan fingerprint density at radius 3 is 2.46 bits per heavy atom. The number of nitrogens with two attached hydrogens (primary N) is 1. The van der Waals surface area contributed by atoms with Gasteiger partial charge in [-0.05, 0) is 42.5 Å².